The molecule has 2 heterocycles. The van der Waals surface area contributed by atoms with Crippen molar-refractivity contribution < 1.29 is 10.0 Å². The molecule has 2 aromatic heterocycles. The van der Waals surface area contributed by atoms with Gasteiger partial charge in [0, 0.05) is 35.1 Å². The summed E-state index contributed by atoms with van der Waals surface area (Å²) in [5.74, 6) is 0.448. The molecule has 0 bridgehead atoms. The summed E-state index contributed by atoms with van der Waals surface area (Å²) in [6.07, 6.45) is 8.04. The van der Waals surface area contributed by atoms with Crippen LogP contribution in [0.3, 0.4) is 0 Å². The van der Waals surface area contributed by atoms with Crippen molar-refractivity contribution in [3.8, 4) is 10.4 Å². The van der Waals surface area contributed by atoms with Gasteiger partial charge >= 0.3 is 6.03 Å². The van der Waals surface area contributed by atoms with Gasteiger partial charge in [-0.05, 0) is 63.9 Å². The molecule has 9 heteroatoms. The van der Waals surface area contributed by atoms with Crippen molar-refractivity contribution in [2.45, 2.75) is 78.3 Å². The van der Waals surface area contributed by atoms with Crippen LogP contribution in [0.1, 0.15) is 76.9 Å². The van der Waals surface area contributed by atoms with E-state index in [1.54, 1.807) is 23.6 Å². The lowest BCUT2D eigenvalue weighted by molar-refractivity contribution is 0.173. The third-order valence-electron chi connectivity index (χ3n) is 5.49. The molecule has 0 fully saturated rings. The molecule has 0 radical (unpaired) electrons. The fourth-order valence-electron chi connectivity index (χ4n) is 3.91. The van der Waals surface area contributed by atoms with Gasteiger partial charge in [0.05, 0.1) is 27.8 Å². The van der Waals surface area contributed by atoms with Gasteiger partial charge in [0.2, 0.25) is 0 Å². The number of nitrogens with zero attached hydrogens (tertiary/aromatic N) is 3. The van der Waals surface area contributed by atoms with Crippen LogP contribution in [-0.2, 0) is 6.54 Å². The molecule has 0 atom stereocenters. The molecule has 0 saturated carbocycles. The Labute approximate surface area is 218 Å². The van der Waals surface area contributed by atoms with E-state index in [0.717, 1.165) is 52.0 Å². The third kappa shape index (κ3) is 8.01. The highest BCUT2D eigenvalue weighted by molar-refractivity contribution is 7.15. The zero-order valence-electron chi connectivity index (χ0n) is 21.8. The molecule has 0 aliphatic carbocycles. The number of aromatic nitrogens is 2. The van der Waals surface area contributed by atoms with Gasteiger partial charge in [0.1, 0.15) is 0 Å². The number of nitrogens with one attached hydrogen (secondary N) is 3. The Balaban J connectivity index is 1.85. The SMILES string of the molecule is CCCC(CCC)c1ncc(-c2ccc(NC(=O)NCc3ccccn3)cc2N(O)NC(C)(C)C)s1. The predicted octanol–water partition coefficient (Wildman–Crippen LogP) is 6.71. The van der Waals surface area contributed by atoms with E-state index in [1.165, 1.54) is 0 Å². The first kappa shape index (κ1) is 27.6. The summed E-state index contributed by atoms with van der Waals surface area (Å²) in [5, 5.41) is 18.8. The number of carbonyl (C=O) groups is 1. The van der Waals surface area contributed by atoms with Crippen LogP contribution in [0.15, 0.2) is 48.8 Å². The molecule has 36 heavy (non-hydrogen) atoms. The van der Waals surface area contributed by atoms with Gasteiger partial charge in [-0.1, -0.05) is 32.8 Å². The number of hydrazine groups is 1. The van der Waals surface area contributed by atoms with Gasteiger partial charge in [-0.15, -0.1) is 11.3 Å². The maximum Gasteiger partial charge on any atom is 0.319 e. The Bertz CT molecular complexity index is 1110. The third-order valence-corrected chi connectivity index (χ3v) is 6.69. The van der Waals surface area contributed by atoms with Crippen molar-refractivity contribution in [1.29, 1.82) is 0 Å². The Kier molecular flexibility index (Phi) is 9.81. The zero-order chi connectivity index (χ0) is 26.1. The summed E-state index contributed by atoms with van der Waals surface area (Å²) in [6, 6.07) is 10.7. The molecule has 1 aromatic carbocycles. The molecule has 4 N–H and O–H groups in total. The van der Waals surface area contributed by atoms with Crippen LogP contribution < -0.4 is 21.2 Å². The van der Waals surface area contributed by atoms with Crippen molar-refractivity contribution in [2.75, 3.05) is 10.5 Å². The summed E-state index contributed by atoms with van der Waals surface area (Å²) in [7, 11) is 0. The lowest BCUT2D eigenvalue weighted by atomic mass is 9.99. The monoisotopic (exact) mass is 510 g/mol. The van der Waals surface area contributed by atoms with E-state index in [9.17, 15) is 10.0 Å². The average Bonchev–Trinajstić information content (AvgIpc) is 3.32. The Morgan fingerprint density at radius 3 is 2.50 bits per heavy atom. The van der Waals surface area contributed by atoms with Crippen LogP contribution >= 0.6 is 11.3 Å². The van der Waals surface area contributed by atoms with Crippen LogP contribution in [0.4, 0.5) is 16.2 Å². The summed E-state index contributed by atoms with van der Waals surface area (Å²) < 4.78 is 0. The van der Waals surface area contributed by atoms with Gasteiger partial charge in [-0.3, -0.25) is 10.2 Å². The smallest absolute Gasteiger partial charge is 0.319 e. The Morgan fingerprint density at radius 1 is 1.11 bits per heavy atom. The molecule has 3 aromatic rings. The lowest BCUT2D eigenvalue weighted by Gasteiger charge is -2.29. The summed E-state index contributed by atoms with van der Waals surface area (Å²) in [4.78, 5) is 22.4. The van der Waals surface area contributed by atoms with Gasteiger partial charge in [0.15, 0.2) is 0 Å². The molecular weight excluding hydrogens is 472 g/mol. The van der Waals surface area contributed by atoms with Crippen LogP contribution in [0, 0.1) is 0 Å². The van der Waals surface area contributed by atoms with Gasteiger partial charge < -0.3 is 10.6 Å². The molecule has 0 spiro atoms. The first-order valence-corrected chi connectivity index (χ1v) is 13.3. The predicted molar refractivity (Wildman–Crippen MR) is 147 cm³/mol. The normalized spacial score (nSPS) is 11.5. The number of hydrogen-bond donors (Lipinski definition) is 4. The fourth-order valence-corrected chi connectivity index (χ4v) is 5.03. The zero-order valence-corrected chi connectivity index (χ0v) is 22.7. The number of pyridine rings is 1. The topological polar surface area (TPSA) is 102 Å². The van der Waals surface area contributed by atoms with E-state index in [0.29, 0.717) is 23.8 Å². The highest BCUT2D eigenvalue weighted by Crippen LogP contribution is 2.39. The van der Waals surface area contributed by atoms with Crippen LogP contribution in [-0.4, -0.2) is 26.7 Å². The second-order valence-corrected chi connectivity index (χ2v) is 10.9. The summed E-state index contributed by atoms with van der Waals surface area (Å²) in [5.41, 5.74) is 5.40. The van der Waals surface area contributed by atoms with Crippen molar-refractivity contribution in [1.82, 2.24) is 20.7 Å². The van der Waals surface area contributed by atoms with Crippen molar-refractivity contribution >= 4 is 28.7 Å². The number of anilines is 2. The molecule has 0 saturated heterocycles. The molecule has 2 amide bonds. The number of hydrogen-bond acceptors (Lipinski definition) is 7. The van der Waals surface area contributed by atoms with E-state index in [2.05, 4.69) is 34.9 Å². The van der Waals surface area contributed by atoms with Crippen molar-refractivity contribution in [3.05, 3.63) is 59.5 Å². The molecular formula is C27H38N6O2S. The number of carbonyl (C=O) groups excluding carboxylic acids is 1. The molecule has 0 aliphatic rings. The average molecular weight is 511 g/mol. The molecule has 3 rings (SSSR count). The number of thiazole rings is 1. The minimum Gasteiger partial charge on any atom is -0.332 e. The molecule has 8 nitrogen and oxygen atoms in total. The summed E-state index contributed by atoms with van der Waals surface area (Å²) in [6.45, 7) is 10.6. The minimum atomic E-state index is -0.373. The maximum absolute atomic E-state index is 12.5. The second kappa shape index (κ2) is 12.8. The van der Waals surface area contributed by atoms with Gasteiger partial charge in [0.25, 0.3) is 0 Å². The fraction of sp³-hybridized carbons (Fsp3) is 0.444. The first-order chi connectivity index (χ1) is 17.2. The van der Waals surface area contributed by atoms with Crippen LogP contribution in [0.25, 0.3) is 10.4 Å². The van der Waals surface area contributed by atoms with E-state index in [1.807, 2.05) is 57.3 Å². The number of benzene rings is 1. The van der Waals surface area contributed by atoms with Crippen LogP contribution in [0.2, 0.25) is 0 Å². The second-order valence-electron chi connectivity index (χ2n) is 9.87. The number of urea groups is 1. The van der Waals surface area contributed by atoms with Crippen molar-refractivity contribution in [3.63, 3.8) is 0 Å². The molecule has 194 valence electrons. The first-order valence-electron chi connectivity index (χ1n) is 12.5. The highest BCUT2D eigenvalue weighted by Gasteiger charge is 2.21. The highest BCUT2D eigenvalue weighted by atomic mass is 32.1. The standard InChI is InChI=1S/C27H38N6O2S/c1-6-10-19(11-7-2)25-29-18-24(36-25)22-14-13-20(16-23(22)33(35)32-27(3,4)5)31-26(34)30-17-21-12-8-9-15-28-21/h8-9,12-16,18-19,32,35H,6-7,10-11,17H2,1-5H3,(H2,30,31,34). The number of rotatable bonds is 11. The van der Waals surface area contributed by atoms with E-state index >= 15 is 0 Å². The Morgan fingerprint density at radius 2 is 1.86 bits per heavy atom. The number of amides is 2. The molecule has 0 aliphatic heterocycles. The van der Waals surface area contributed by atoms with E-state index in [-0.39, 0.29) is 11.6 Å². The van der Waals surface area contributed by atoms with Gasteiger partial charge in [-0.25, -0.2) is 15.2 Å². The van der Waals surface area contributed by atoms with E-state index < -0.39 is 0 Å². The van der Waals surface area contributed by atoms with E-state index in [4.69, 9.17) is 4.98 Å². The largest absolute Gasteiger partial charge is 0.332 e. The van der Waals surface area contributed by atoms with Gasteiger partial charge in [-0.2, -0.15) is 5.17 Å². The molecule has 0 unspecified atom stereocenters. The van der Waals surface area contributed by atoms with Crippen LogP contribution in [0.5, 0.6) is 0 Å². The maximum atomic E-state index is 12.5. The Hall–Kier alpha value is -3.01. The summed E-state index contributed by atoms with van der Waals surface area (Å²) >= 11 is 1.67. The lowest BCUT2D eigenvalue weighted by Crippen LogP contribution is -2.47. The minimum absolute atomic E-state index is 0.315. The quantitative estimate of drug-likeness (QED) is 0.214. The van der Waals surface area contributed by atoms with Crippen molar-refractivity contribution in [2.24, 2.45) is 0 Å².